The number of rotatable bonds is 5. The Morgan fingerprint density at radius 3 is 2.11 bits per heavy atom. The Balaban J connectivity index is 1.47. The number of hydrogen-bond acceptors (Lipinski definition) is 1. The molecule has 5 atom stereocenters. The summed E-state index contributed by atoms with van der Waals surface area (Å²) < 4.78 is 1.21. The fourth-order valence-electron chi connectivity index (χ4n) is 19.3. The fourth-order valence-corrected chi connectivity index (χ4v) is 97.1. The number of carbonyl (C=O) groups excluding carboxylic acids is 1. The number of hydrogen-bond donors (Lipinski definition) is 0. The van der Waals surface area contributed by atoms with Gasteiger partial charge in [0.25, 0.3) is 0 Å². The minimum absolute atomic E-state index is 0.451. The first-order valence-corrected chi connectivity index (χ1v) is 15.0. The van der Waals surface area contributed by atoms with Crippen molar-refractivity contribution in [1.29, 1.82) is 0 Å². The molecule has 0 aromatic carbocycles. The van der Waals surface area contributed by atoms with Crippen molar-refractivity contribution < 1.29 is 11.3 Å². The van der Waals surface area contributed by atoms with Gasteiger partial charge in [-0.1, -0.05) is 0 Å². The molecule has 5 unspecified atom stereocenters. The van der Waals surface area contributed by atoms with Gasteiger partial charge in [-0.3, -0.25) is 0 Å². The number of alkyl halides is 1. The molecule has 0 aliphatic carbocycles. The van der Waals surface area contributed by atoms with E-state index in [1.165, 1.54) is 40.1 Å². The normalized spacial score (nSPS) is 112. The van der Waals surface area contributed by atoms with Crippen LogP contribution in [-0.2, 0) is 11.3 Å². The van der Waals surface area contributed by atoms with E-state index in [0.29, 0.717) is 10.2 Å². The topological polar surface area (TPSA) is 17.1 Å². The SMILES string of the molecule is CC[C]12[CH]3[CH]4[CH]5[C]1(C(=O)CCCCl)[Fe]43521678[CH]2[CH]1[CH]6[CH]7[CH]28. The number of Topliss-reactive ketones (excluding diaryl/α,β-unsaturated/α-hetero) is 1. The first-order chi connectivity index (χ1) is 8.98. The third kappa shape index (κ3) is 0.0868. The molecule has 1 nitrogen and oxygen atoms in total. The van der Waals surface area contributed by atoms with Gasteiger partial charge < -0.3 is 0 Å². The molecule has 10 rings (SSSR count). The Hall–Kier alpha value is 0.479. The molecule has 10 aliphatic rings. The van der Waals surface area contributed by atoms with Gasteiger partial charge in [0.1, 0.15) is 0 Å². The molecule has 10 fully saturated rings. The van der Waals surface area contributed by atoms with Gasteiger partial charge in [-0.25, -0.2) is 0 Å². The van der Waals surface area contributed by atoms with Crippen LogP contribution in [0.25, 0.3) is 0 Å². The van der Waals surface area contributed by atoms with Crippen molar-refractivity contribution in [3.8, 4) is 0 Å². The summed E-state index contributed by atoms with van der Waals surface area (Å²) in [6.45, 7) is -0.816. The van der Waals surface area contributed by atoms with Gasteiger partial charge in [-0.05, 0) is 0 Å². The van der Waals surface area contributed by atoms with E-state index in [0.717, 1.165) is 27.8 Å². The Kier molecular flexibility index (Phi) is 0.311. The molecule has 0 saturated carbocycles. The molecule has 0 amide bonds. The standard InChI is InChI=1S/C11H14ClO.C5H5.Fe/c1-2-9-5-3-6-10(9)11(13)7-4-8-12;1-2-4-5-3-1;/h3,5-6H,2,4,7-8H2,1H3;1-5H;. The van der Waals surface area contributed by atoms with Crippen LogP contribution in [0.4, 0.5) is 0 Å². The van der Waals surface area contributed by atoms with Crippen molar-refractivity contribution in [3.63, 3.8) is 0 Å². The van der Waals surface area contributed by atoms with Crippen molar-refractivity contribution in [2.45, 2.75) is 73.3 Å². The summed E-state index contributed by atoms with van der Waals surface area (Å²) in [7, 11) is 0. The Morgan fingerprint density at radius 2 is 1.74 bits per heavy atom. The third-order valence-corrected chi connectivity index (χ3v) is 60.5. The predicted molar refractivity (Wildman–Crippen MR) is 70.6 cm³/mol. The van der Waals surface area contributed by atoms with E-state index in [4.69, 9.17) is 11.6 Å². The molecular formula is C16H19ClFeO. The van der Waals surface area contributed by atoms with E-state index >= 15 is 0 Å². The zero-order chi connectivity index (χ0) is 12.3. The van der Waals surface area contributed by atoms with Crippen LogP contribution in [0.2, 0.25) is 47.2 Å². The van der Waals surface area contributed by atoms with E-state index in [-0.39, 0.29) is 0 Å². The molecule has 0 N–H and O–H groups in total. The van der Waals surface area contributed by atoms with Crippen molar-refractivity contribution in [2.24, 2.45) is 0 Å². The zero-order valence-electron chi connectivity index (χ0n) is 11.1. The van der Waals surface area contributed by atoms with Crippen LogP contribution < -0.4 is 0 Å². The molecule has 10 heterocycles. The van der Waals surface area contributed by atoms with Crippen molar-refractivity contribution >= 4 is 17.4 Å². The molecule has 104 valence electrons. The summed E-state index contributed by atoms with van der Waals surface area (Å²) >= 11 is 5.88. The molecule has 19 heavy (non-hydrogen) atoms. The van der Waals surface area contributed by atoms with Crippen LogP contribution >= 0.6 is 11.6 Å². The van der Waals surface area contributed by atoms with Gasteiger partial charge in [0.05, 0.1) is 0 Å². The summed E-state index contributed by atoms with van der Waals surface area (Å²) in [4.78, 5) is 23.3. The molecule has 1 spiro atoms. The second-order valence-corrected chi connectivity index (χ2v) is 35.2. The van der Waals surface area contributed by atoms with Crippen LogP contribution in [-0.4, -0.2) is 11.7 Å². The average molecular weight is 319 g/mol. The molecule has 0 aromatic rings. The monoisotopic (exact) mass is 318 g/mol. The molecule has 10 aliphatic heterocycles. The third-order valence-electron chi connectivity index (χ3n) is 16.6. The molecule has 0 aromatic heterocycles. The van der Waals surface area contributed by atoms with Crippen molar-refractivity contribution in [3.05, 3.63) is 0 Å². The van der Waals surface area contributed by atoms with E-state index < -0.39 is 6.51 Å². The second-order valence-electron chi connectivity index (χ2n) is 11.5. The van der Waals surface area contributed by atoms with Gasteiger partial charge >= 0.3 is 108 Å². The number of carbonyl (C=O) groups is 1. The van der Waals surface area contributed by atoms with Gasteiger partial charge in [0.15, 0.2) is 0 Å². The summed E-state index contributed by atoms with van der Waals surface area (Å²) in [6.07, 6.45) is 3.21. The Morgan fingerprint density at radius 1 is 1.11 bits per heavy atom. The maximum absolute atomic E-state index is 13.3. The van der Waals surface area contributed by atoms with Gasteiger partial charge in [-0.15, -0.1) is 0 Å². The summed E-state index contributed by atoms with van der Waals surface area (Å²) in [6, 6.07) is 0. The molecule has 0 bridgehead atoms. The minimum atomic E-state index is -3.29. The number of fused-ring (bicyclic) bond motifs is 10. The quantitative estimate of drug-likeness (QED) is 0.508. The second kappa shape index (κ2) is 0.721. The van der Waals surface area contributed by atoms with Gasteiger partial charge in [0.2, 0.25) is 0 Å². The van der Waals surface area contributed by atoms with Crippen LogP contribution in [0.5, 0.6) is 0 Å². The molecular weight excluding hydrogens is 299 g/mol. The van der Waals surface area contributed by atoms with Crippen molar-refractivity contribution in [2.75, 3.05) is 5.88 Å². The molecule has 3 heteroatoms. The van der Waals surface area contributed by atoms with E-state index in [1.54, 1.807) is 0 Å². The van der Waals surface area contributed by atoms with E-state index in [9.17, 15) is 4.79 Å². The fraction of sp³-hybridized carbons (Fsp3) is 0.938. The summed E-state index contributed by atoms with van der Waals surface area (Å²) in [5.41, 5.74) is 0. The van der Waals surface area contributed by atoms with E-state index in [2.05, 4.69) is 6.92 Å². The molecule has 0 radical (unpaired) electrons. The van der Waals surface area contributed by atoms with Crippen LogP contribution in [0.3, 0.4) is 0 Å². The maximum atomic E-state index is 13.3. The summed E-state index contributed by atoms with van der Waals surface area (Å²) in [5.74, 6) is 1.48. The first-order valence-electron chi connectivity index (χ1n) is 8.28. The van der Waals surface area contributed by atoms with E-state index in [1.807, 2.05) is 0 Å². The average Bonchev–Trinajstić information content (AvgIpc) is 3.37. The van der Waals surface area contributed by atoms with Crippen molar-refractivity contribution in [1.82, 2.24) is 0 Å². The Labute approximate surface area is 108 Å². The number of halogens is 1. The van der Waals surface area contributed by atoms with Crippen LogP contribution in [0, 0.1) is 0 Å². The van der Waals surface area contributed by atoms with Crippen LogP contribution in [0.1, 0.15) is 26.2 Å². The zero-order valence-corrected chi connectivity index (χ0v) is 12.9. The Bertz CT molecular complexity index is 1030. The first kappa shape index (κ1) is 8.20. The van der Waals surface area contributed by atoms with Crippen LogP contribution in [0.15, 0.2) is 0 Å². The summed E-state index contributed by atoms with van der Waals surface area (Å²) in [5, 5.41) is 0. The van der Waals surface area contributed by atoms with Gasteiger partial charge in [0, 0.05) is 0 Å². The molecule has 10 saturated heterocycles. The predicted octanol–water partition coefficient (Wildman–Crippen LogP) is 5.11. The number of ketones is 1. The van der Waals surface area contributed by atoms with Gasteiger partial charge in [-0.2, -0.15) is 0 Å².